The van der Waals surface area contributed by atoms with E-state index < -0.39 is 0 Å². The van der Waals surface area contributed by atoms with Gasteiger partial charge in [-0.3, -0.25) is 0 Å². The van der Waals surface area contributed by atoms with Crippen molar-refractivity contribution in [2.75, 3.05) is 27.7 Å². The van der Waals surface area contributed by atoms with Crippen LogP contribution in [0.15, 0.2) is 24.3 Å². The van der Waals surface area contributed by atoms with Gasteiger partial charge in [-0.1, -0.05) is 23.7 Å². The first-order valence-corrected chi connectivity index (χ1v) is 5.90. The highest BCUT2D eigenvalue weighted by Gasteiger charge is 2.05. The molecule has 0 heterocycles. The Morgan fingerprint density at radius 2 is 1.56 bits per heavy atom. The van der Waals surface area contributed by atoms with Crippen molar-refractivity contribution in [1.29, 1.82) is 0 Å². The van der Waals surface area contributed by atoms with Gasteiger partial charge in [0.25, 0.3) is 0 Å². The molecule has 0 N–H and O–H groups in total. The summed E-state index contributed by atoms with van der Waals surface area (Å²) in [4.78, 5) is 0. The van der Waals surface area contributed by atoms with Crippen molar-refractivity contribution in [2.24, 2.45) is 0 Å². The number of hydrogen-bond donors (Lipinski definition) is 0. The van der Waals surface area contributed by atoms with Gasteiger partial charge in [0.1, 0.15) is 0 Å². The zero-order valence-corrected chi connectivity index (χ0v) is 11.9. The SMILES string of the molecule is C[N+](C)(C)CCCCc1ccc(Cl)cc1.[Cl-]. The van der Waals surface area contributed by atoms with E-state index in [-0.39, 0.29) is 12.4 Å². The quantitative estimate of drug-likeness (QED) is 0.531. The molecule has 0 saturated heterocycles. The summed E-state index contributed by atoms with van der Waals surface area (Å²) in [6.45, 7) is 1.24. The molecule has 0 saturated carbocycles. The number of aryl methyl sites for hydroxylation is 1. The molecule has 0 aliphatic carbocycles. The Morgan fingerprint density at radius 1 is 1.00 bits per heavy atom. The molecule has 0 radical (unpaired) electrons. The first-order chi connectivity index (χ1) is 6.97. The molecule has 1 rings (SSSR count). The standard InChI is InChI=1S/C13H21ClN.ClH/c1-15(2,3)11-5-4-6-12-7-9-13(14)10-8-12;/h7-10H,4-6,11H2,1-3H3;1H/q+1;/p-1. The topological polar surface area (TPSA) is 0 Å². The van der Waals surface area contributed by atoms with E-state index in [9.17, 15) is 0 Å². The second-order valence-corrected chi connectivity index (χ2v) is 5.53. The molecule has 0 atom stereocenters. The van der Waals surface area contributed by atoms with Gasteiger partial charge in [-0.15, -0.1) is 0 Å². The fourth-order valence-electron chi connectivity index (χ4n) is 1.57. The van der Waals surface area contributed by atoms with Crippen LogP contribution in [0.1, 0.15) is 18.4 Å². The molecule has 3 heteroatoms. The maximum absolute atomic E-state index is 5.83. The largest absolute Gasteiger partial charge is 1.00 e. The second-order valence-electron chi connectivity index (χ2n) is 5.10. The summed E-state index contributed by atoms with van der Waals surface area (Å²) >= 11 is 5.83. The smallest absolute Gasteiger partial charge is 0.0780 e. The number of nitrogens with zero attached hydrogens (tertiary/aromatic N) is 1. The molecule has 0 fully saturated rings. The molecule has 0 unspecified atom stereocenters. The van der Waals surface area contributed by atoms with Crippen molar-refractivity contribution in [1.82, 2.24) is 0 Å². The molecular formula is C13H21Cl2N. The van der Waals surface area contributed by atoms with E-state index in [2.05, 4.69) is 33.3 Å². The molecule has 92 valence electrons. The summed E-state index contributed by atoms with van der Waals surface area (Å²) < 4.78 is 1.06. The van der Waals surface area contributed by atoms with Gasteiger partial charge >= 0.3 is 0 Å². The lowest BCUT2D eigenvalue weighted by molar-refractivity contribution is -0.870. The van der Waals surface area contributed by atoms with Gasteiger partial charge in [-0.05, 0) is 37.0 Å². The Labute approximate surface area is 110 Å². The van der Waals surface area contributed by atoms with Gasteiger partial charge in [-0.25, -0.2) is 0 Å². The van der Waals surface area contributed by atoms with Gasteiger partial charge in [0.05, 0.1) is 27.7 Å². The summed E-state index contributed by atoms with van der Waals surface area (Å²) in [5.74, 6) is 0. The average Bonchev–Trinajstić information content (AvgIpc) is 2.14. The Balaban J connectivity index is 0.00000225. The second kappa shape index (κ2) is 7.16. The Morgan fingerprint density at radius 3 is 2.06 bits per heavy atom. The first-order valence-electron chi connectivity index (χ1n) is 5.52. The van der Waals surface area contributed by atoms with Gasteiger partial charge in [-0.2, -0.15) is 0 Å². The third kappa shape index (κ3) is 7.10. The normalized spacial score (nSPS) is 11.0. The van der Waals surface area contributed by atoms with Crippen molar-refractivity contribution < 1.29 is 16.9 Å². The van der Waals surface area contributed by atoms with E-state index in [0.717, 1.165) is 15.9 Å². The highest BCUT2D eigenvalue weighted by atomic mass is 35.5. The van der Waals surface area contributed by atoms with Crippen molar-refractivity contribution >= 4 is 11.6 Å². The summed E-state index contributed by atoms with van der Waals surface area (Å²) in [5, 5.41) is 0.824. The number of hydrogen-bond acceptors (Lipinski definition) is 0. The van der Waals surface area contributed by atoms with Gasteiger partial charge < -0.3 is 16.9 Å². The molecule has 1 nitrogen and oxygen atoms in total. The summed E-state index contributed by atoms with van der Waals surface area (Å²) in [6, 6.07) is 8.18. The van der Waals surface area contributed by atoms with E-state index in [1.807, 2.05) is 12.1 Å². The van der Waals surface area contributed by atoms with Crippen molar-refractivity contribution in [3.8, 4) is 0 Å². The van der Waals surface area contributed by atoms with E-state index in [4.69, 9.17) is 11.6 Å². The van der Waals surface area contributed by atoms with Gasteiger partial charge in [0.2, 0.25) is 0 Å². The molecule has 0 spiro atoms. The number of quaternary nitrogens is 1. The lowest BCUT2D eigenvalue weighted by atomic mass is 10.1. The number of benzene rings is 1. The molecule has 0 amide bonds. The summed E-state index contributed by atoms with van der Waals surface area (Å²) in [6.07, 6.45) is 3.71. The van der Waals surface area contributed by atoms with Crippen LogP contribution in [0.5, 0.6) is 0 Å². The van der Waals surface area contributed by atoms with Crippen LogP contribution in [0.4, 0.5) is 0 Å². The molecule has 1 aromatic rings. The Hall–Kier alpha value is -0.240. The van der Waals surface area contributed by atoms with Crippen LogP contribution < -0.4 is 12.4 Å². The molecule has 0 bridgehead atoms. The zero-order valence-electron chi connectivity index (χ0n) is 10.3. The maximum Gasteiger partial charge on any atom is 0.0780 e. The lowest BCUT2D eigenvalue weighted by Gasteiger charge is -2.23. The third-order valence-corrected chi connectivity index (χ3v) is 2.71. The van der Waals surface area contributed by atoms with Crippen LogP contribution in [0.25, 0.3) is 0 Å². The molecule has 0 aromatic heterocycles. The van der Waals surface area contributed by atoms with Crippen LogP contribution in [-0.2, 0) is 6.42 Å². The van der Waals surface area contributed by atoms with Crippen molar-refractivity contribution in [3.05, 3.63) is 34.9 Å². The summed E-state index contributed by atoms with van der Waals surface area (Å²) in [7, 11) is 6.72. The minimum atomic E-state index is 0. The average molecular weight is 262 g/mol. The Kier molecular flexibility index (Phi) is 7.05. The van der Waals surface area contributed by atoms with E-state index >= 15 is 0 Å². The monoisotopic (exact) mass is 261 g/mol. The molecule has 1 aromatic carbocycles. The van der Waals surface area contributed by atoms with Crippen LogP contribution in [0.3, 0.4) is 0 Å². The van der Waals surface area contributed by atoms with Gasteiger partial charge in [0, 0.05) is 5.02 Å². The lowest BCUT2D eigenvalue weighted by Crippen LogP contribution is -3.00. The zero-order chi connectivity index (χ0) is 11.3. The highest BCUT2D eigenvalue weighted by Crippen LogP contribution is 2.11. The highest BCUT2D eigenvalue weighted by molar-refractivity contribution is 6.30. The van der Waals surface area contributed by atoms with Crippen molar-refractivity contribution in [3.63, 3.8) is 0 Å². The molecule has 16 heavy (non-hydrogen) atoms. The summed E-state index contributed by atoms with van der Waals surface area (Å²) in [5.41, 5.74) is 1.39. The minimum absolute atomic E-state index is 0. The van der Waals surface area contributed by atoms with Crippen molar-refractivity contribution in [2.45, 2.75) is 19.3 Å². The fraction of sp³-hybridized carbons (Fsp3) is 0.538. The van der Waals surface area contributed by atoms with E-state index in [1.165, 1.54) is 24.9 Å². The van der Waals surface area contributed by atoms with Crippen LogP contribution >= 0.6 is 11.6 Å². The van der Waals surface area contributed by atoms with Crippen LogP contribution in [0.2, 0.25) is 5.02 Å². The maximum atomic E-state index is 5.83. The number of rotatable bonds is 5. The Bertz CT molecular complexity index is 288. The fourth-order valence-corrected chi connectivity index (χ4v) is 1.69. The molecule has 0 aliphatic heterocycles. The number of halogens is 2. The van der Waals surface area contributed by atoms with Crippen LogP contribution in [0, 0.1) is 0 Å². The molecular weight excluding hydrogens is 241 g/mol. The van der Waals surface area contributed by atoms with Crippen LogP contribution in [-0.4, -0.2) is 32.2 Å². The van der Waals surface area contributed by atoms with Gasteiger partial charge in [0.15, 0.2) is 0 Å². The van der Waals surface area contributed by atoms with E-state index in [0.29, 0.717) is 0 Å². The predicted molar refractivity (Wildman–Crippen MR) is 67.3 cm³/mol. The number of unbranched alkanes of at least 4 members (excludes halogenated alkanes) is 1. The predicted octanol–water partition coefficient (Wildman–Crippen LogP) is 0.373. The third-order valence-electron chi connectivity index (χ3n) is 2.46. The first kappa shape index (κ1) is 15.8. The molecule has 0 aliphatic rings. The van der Waals surface area contributed by atoms with E-state index in [1.54, 1.807) is 0 Å². The minimum Gasteiger partial charge on any atom is -1.00 e.